The van der Waals surface area contributed by atoms with Crippen LogP contribution in [0.5, 0.6) is 0 Å². The Morgan fingerprint density at radius 3 is 2.48 bits per heavy atom. The summed E-state index contributed by atoms with van der Waals surface area (Å²) in [6.45, 7) is 3.73. The lowest BCUT2D eigenvalue weighted by Crippen LogP contribution is -2.30. The number of amides is 1. The molecule has 1 amide bonds. The summed E-state index contributed by atoms with van der Waals surface area (Å²) >= 11 is 0. The minimum absolute atomic E-state index is 0.0365. The predicted octanol–water partition coefficient (Wildman–Crippen LogP) is 4.06. The van der Waals surface area contributed by atoms with E-state index in [4.69, 9.17) is 0 Å². The SMILES string of the molecule is CC(NC(=O)C(C)c1c[nH]c2ccccc12)c1ccc([N+](=O)[O-])cc1. The molecule has 0 saturated heterocycles. The number of rotatable bonds is 5. The number of carbonyl (C=O) groups is 1. The highest BCUT2D eigenvalue weighted by molar-refractivity contribution is 5.91. The molecule has 0 saturated carbocycles. The van der Waals surface area contributed by atoms with Crippen LogP contribution in [0.4, 0.5) is 5.69 Å². The van der Waals surface area contributed by atoms with Crippen molar-refractivity contribution in [3.05, 3.63) is 76.0 Å². The smallest absolute Gasteiger partial charge is 0.269 e. The zero-order valence-corrected chi connectivity index (χ0v) is 14.0. The molecule has 0 aliphatic rings. The summed E-state index contributed by atoms with van der Waals surface area (Å²) in [5, 5.41) is 14.7. The fourth-order valence-corrected chi connectivity index (χ4v) is 2.90. The molecule has 6 nitrogen and oxygen atoms in total. The number of nitro groups is 1. The molecule has 1 heterocycles. The van der Waals surface area contributed by atoms with Gasteiger partial charge >= 0.3 is 0 Å². The first-order valence-corrected chi connectivity index (χ1v) is 8.08. The highest BCUT2D eigenvalue weighted by Crippen LogP contribution is 2.26. The number of non-ortho nitro benzene ring substituents is 1. The second-order valence-electron chi connectivity index (χ2n) is 6.09. The van der Waals surface area contributed by atoms with E-state index in [0.29, 0.717) is 0 Å². The molecule has 25 heavy (non-hydrogen) atoms. The molecule has 0 fully saturated rings. The van der Waals surface area contributed by atoms with Gasteiger partial charge in [0.05, 0.1) is 16.9 Å². The quantitative estimate of drug-likeness (QED) is 0.543. The maximum absolute atomic E-state index is 12.6. The van der Waals surface area contributed by atoms with Crippen LogP contribution in [-0.4, -0.2) is 15.8 Å². The first-order chi connectivity index (χ1) is 12.0. The van der Waals surface area contributed by atoms with Crippen molar-refractivity contribution in [2.75, 3.05) is 0 Å². The summed E-state index contributed by atoms with van der Waals surface area (Å²) in [5.74, 6) is -0.396. The molecule has 0 radical (unpaired) electrons. The maximum Gasteiger partial charge on any atom is 0.269 e. The Morgan fingerprint density at radius 1 is 1.12 bits per heavy atom. The molecular weight excluding hydrogens is 318 g/mol. The minimum Gasteiger partial charge on any atom is -0.361 e. The van der Waals surface area contributed by atoms with Crippen LogP contribution in [0.2, 0.25) is 0 Å². The van der Waals surface area contributed by atoms with E-state index in [1.165, 1.54) is 12.1 Å². The van der Waals surface area contributed by atoms with Gasteiger partial charge in [-0.15, -0.1) is 0 Å². The number of hydrogen-bond donors (Lipinski definition) is 2. The van der Waals surface area contributed by atoms with Crippen LogP contribution in [0.1, 0.15) is 36.9 Å². The van der Waals surface area contributed by atoms with E-state index in [9.17, 15) is 14.9 Å². The average Bonchev–Trinajstić information content (AvgIpc) is 3.05. The summed E-state index contributed by atoms with van der Waals surface area (Å²) in [4.78, 5) is 26.1. The third-order valence-corrected chi connectivity index (χ3v) is 4.44. The van der Waals surface area contributed by atoms with Gasteiger partial charge in [0, 0.05) is 29.2 Å². The lowest BCUT2D eigenvalue weighted by atomic mass is 9.98. The van der Waals surface area contributed by atoms with Gasteiger partial charge in [-0.1, -0.05) is 30.3 Å². The van der Waals surface area contributed by atoms with Crippen LogP contribution in [-0.2, 0) is 4.79 Å². The number of H-pyrrole nitrogens is 1. The van der Waals surface area contributed by atoms with E-state index in [0.717, 1.165) is 22.0 Å². The standard InChI is InChI=1S/C19H19N3O3/c1-12(17-11-20-18-6-4-3-5-16(17)18)19(23)21-13(2)14-7-9-15(10-8-14)22(24)25/h3-13,20H,1-2H3,(H,21,23). The maximum atomic E-state index is 12.6. The monoisotopic (exact) mass is 337 g/mol. The van der Waals surface area contributed by atoms with Gasteiger partial charge in [-0.2, -0.15) is 0 Å². The van der Waals surface area contributed by atoms with Crippen molar-refractivity contribution in [2.24, 2.45) is 0 Å². The Bertz CT molecular complexity index is 915. The predicted molar refractivity (Wildman–Crippen MR) is 96.4 cm³/mol. The number of para-hydroxylation sites is 1. The van der Waals surface area contributed by atoms with E-state index < -0.39 is 4.92 Å². The van der Waals surface area contributed by atoms with Gasteiger partial charge in [0.15, 0.2) is 0 Å². The summed E-state index contributed by atoms with van der Waals surface area (Å²) < 4.78 is 0. The number of benzene rings is 2. The van der Waals surface area contributed by atoms with Crippen molar-refractivity contribution in [2.45, 2.75) is 25.8 Å². The molecular formula is C19H19N3O3. The molecule has 0 spiro atoms. The van der Waals surface area contributed by atoms with E-state index in [2.05, 4.69) is 10.3 Å². The third kappa shape index (κ3) is 3.38. The number of hydrogen-bond acceptors (Lipinski definition) is 3. The van der Waals surface area contributed by atoms with E-state index in [-0.39, 0.29) is 23.6 Å². The Hall–Kier alpha value is -3.15. The zero-order chi connectivity index (χ0) is 18.0. The topological polar surface area (TPSA) is 88.0 Å². The summed E-state index contributed by atoms with van der Waals surface area (Å²) in [5.41, 5.74) is 2.81. The fraction of sp³-hybridized carbons (Fsp3) is 0.211. The Kier molecular flexibility index (Phi) is 4.52. The molecule has 3 aromatic rings. The van der Waals surface area contributed by atoms with Gasteiger partial charge in [-0.3, -0.25) is 14.9 Å². The second kappa shape index (κ2) is 6.76. The van der Waals surface area contributed by atoms with Crippen molar-refractivity contribution >= 4 is 22.5 Å². The first kappa shape index (κ1) is 16.7. The number of aromatic nitrogens is 1. The third-order valence-electron chi connectivity index (χ3n) is 4.44. The molecule has 0 aliphatic carbocycles. The highest BCUT2D eigenvalue weighted by Gasteiger charge is 2.21. The summed E-state index contributed by atoms with van der Waals surface area (Å²) in [7, 11) is 0. The van der Waals surface area contributed by atoms with E-state index in [1.807, 2.05) is 44.3 Å². The Labute approximate surface area is 145 Å². The van der Waals surface area contributed by atoms with Gasteiger partial charge in [0.25, 0.3) is 5.69 Å². The second-order valence-corrected chi connectivity index (χ2v) is 6.09. The van der Waals surface area contributed by atoms with Crippen LogP contribution in [0.15, 0.2) is 54.7 Å². The molecule has 2 atom stereocenters. The van der Waals surface area contributed by atoms with Crippen molar-refractivity contribution in [3.63, 3.8) is 0 Å². The molecule has 2 aromatic carbocycles. The number of fused-ring (bicyclic) bond motifs is 1. The normalized spacial score (nSPS) is 13.4. The van der Waals surface area contributed by atoms with Crippen molar-refractivity contribution in [3.8, 4) is 0 Å². The fourth-order valence-electron chi connectivity index (χ4n) is 2.90. The average molecular weight is 337 g/mol. The molecule has 0 bridgehead atoms. The highest BCUT2D eigenvalue weighted by atomic mass is 16.6. The summed E-state index contributed by atoms with van der Waals surface area (Å²) in [6.07, 6.45) is 1.87. The van der Waals surface area contributed by atoms with E-state index in [1.54, 1.807) is 12.1 Å². The van der Waals surface area contributed by atoms with Gasteiger partial charge in [0.2, 0.25) is 5.91 Å². The van der Waals surface area contributed by atoms with Gasteiger partial charge in [0.1, 0.15) is 0 Å². The van der Waals surface area contributed by atoms with Crippen molar-refractivity contribution in [1.82, 2.24) is 10.3 Å². The van der Waals surface area contributed by atoms with E-state index >= 15 is 0 Å². The summed E-state index contributed by atoms with van der Waals surface area (Å²) in [6, 6.07) is 13.9. The number of nitro benzene ring substituents is 1. The Balaban J connectivity index is 1.73. The van der Waals surface area contributed by atoms with Gasteiger partial charge in [-0.25, -0.2) is 0 Å². The van der Waals surface area contributed by atoms with Crippen LogP contribution in [0.25, 0.3) is 10.9 Å². The number of carbonyl (C=O) groups excluding carboxylic acids is 1. The molecule has 128 valence electrons. The molecule has 6 heteroatoms. The van der Waals surface area contributed by atoms with Gasteiger partial charge < -0.3 is 10.3 Å². The van der Waals surface area contributed by atoms with Crippen molar-refractivity contribution < 1.29 is 9.72 Å². The van der Waals surface area contributed by atoms with Crippen LogP contribution < -0.4 is 5.32 Å². The molecule has 2 N–H and O–H groups in total. The largest absolute Gasteiger partial charge is 0.361 e. The molecule has 3 rings (SSSR count). The molecule has 1 aromatic heterocycles. The van der Waals surface area contributed by atoms with Crippen LogP contribution in [0, 0.1) is 10.1 Å². The molecule has 2 unspecified atom stereocenters. The number of nitrogens with zero attached hydrogens (tertiary/aromatic N) is 1. The van der Waals surface area contributed by atoms with Gasteiger partial charge in [-0.05, 0) is 31.0 Å². The van der Waals surface area contributed by atoms with Crippen LogP contribution in [0.3, 0.4) is 0 Å². The lowest BCUT2D eigenvalue weighted by Gasteiger charge is -2.18. The lowest BCUT2D eigenvalue weighted by molar-refractivity contribution is -0.384. The Morgan fingerprint density at radius 2 is 1.80 bits per heavy atom. The molecule has 0 aliphatic heterocycles. The number of nitrogens with one attached hydrogen (secondary N) is 2. The minimum atomic E-state index is -0.438. The first-order valence-electron chi connectivity index (χ1n) is 8.08. The number of aromatic amines is 1. The zero-order valence-electron chi connectivity index (χ0n) is 14.0. The van der Waals surface area contributed by atoms with Crippen LogP contribution >= 0.6 is 0 Å². The van der Waals surface area contributed by atoms with Crippen molar-refractivity contribution in [1.29, 1.82) is 0 Å².